The molecule has 88 valence electrons. The second kappa shape index (κ2) is 7.32. The standard InChI is InChI=1S/C12H22O3/c1-6-14-12(13)15-11(10(4)5)8-7-9(2)3/h7-11H,6H2,1-5H3/b8-7+/t11-/m1/s1. The van der Waals surface area contributed by atoms with Crippen molar-refractivity contribution in [1.82, 2.24) is 0 Å². The van der Waals surface area contributed by atoms with E-state index >= 15 is 0 Å². The van der Waals surface area contributed by atoms with Crippen LogP contribution >= 0.6 is 0 Å². The first-order chi connectivity index (χ1) is 6.97. The lowest BCUT2D eigenvalue weighted by molar-refractivity contribution is 0.0273. The van der Waals surface area contributed by atoms with Crippen LogP contribution in [-0.2, 0) is 9.47 Å². The van der Waals surface area contributed by atoms with Gasteiger partial charge in [0.05, 0.1) is 6.61 Å². The zero-order valence-electron chi connectivity index (χ0n) is 10.3. The number of hydrogen-bond acceptors (Lipinski definition) is 3. The summed E-state index contributed by atoms with van der Waals surface area (Å²) >= 11 is 0. The van der Waals surface area contributed by atoms with Crippen molar-refractivity contribution >= 4 is 6.16 Å². The van der Waals surface area contributed by atoms with Gasteiger partial charge in [-0.15, -0.1) is 0 Å². The molecule has 1 atom stereocenters. The number of carbonyl (C=O) groups excluding carboxylic acids is 1. The molecular weight excluding hydrogens is 192 g/mol. The number of ether oxygens (including phenoxy) is 2. The van der Waals surface area contributed by atoms with Gasteiger partial charge in [0.15, 0.2) is 0 Å². The average molecular weight is 214 g/mol. The molecule has 0 bridgehead atoms. The summed E-state index contributed by atoms with van der Waals surface area (Å²) in [6, 6.07) is 0. The van der Waals surface area contributed by atoms with Crippen molar-refractivity contribution in [2.75, 3.05) is 6.61 Å². The Kier molecular flexibility index (Phi) is 6.84. The summed E-state index contributed by atoms with van der Waals surface area (Å²) in [6.07, 6.45) is 3.16. The maximum atomic E-state index is 11.1. The molecule has 0 aromatic carbocycles. The Balaban J connectivity index is 4.22. The fourth-order valence-electron chi connectivity index (χ4n) is 0.992. The predicted molar refractivity (Wildman–Crippen MR) is 60.7 cm³/mol. The zero-order chi connectivity index (χ0) is 11.8. The van der Waals surface area contributed by atoms with Crippen LogP contribution in [0.3, 0.4) is 0 Å². The Morgan fingerprint density at radius 3 is 2.20 bits per heavy atom. The Morgan fingerprint density at radius 2 is 1.80 bits per heavy atom. The second-order valence-electron chi connectivity index (χ2n) is 4.14. The summed E-state index contributed by atoms with van der Waals surface area (Å²) in [7, 11) is 0. The van der Waals surface area contributed by atoms with E-state index in [9.17, 15) is 4.79 Å². The Morgan fingerprint density at radius 1 is 1.20 bits per heavy atom. The molecule has 0 aliphatic heterocycles. The zero-order valence-corrected chi connectivity index (χ0v) is 10.3. The van der Waals surface area contributed by atoms with Crippen molar-refractivity contribution in [3.8, 4) is 0 Å². The van der Waals surface area contributed by atoms with Gasteiger partial charge in [-0.2, -0.15) is 0 Å². The molecule has 0 spiro atoms. The molecule has 15 heavy (non-hydrogen) atoms. The quantitative estimate of drug-likeness (QED) is 0.519. The monoisotopic (exact) mass is 214 g/mol. The maximum absolute atomic E-state index is 11.1. The molecular formula is C12H22O3. The fourth-order valence-corrected chi connectivity index (χ4v) is 0.992. The van der Waals surface area contributed by atoms with Gasteiger partial charge in [0, 0.05) is 0 Å². The minimum absolute atomic E-state index is 0.202. The summed E-state index contributed by atoms with van der Waals surface area (Å²) in [6.45, 7) is 10.3. The van der Waals surface area contributed by atoms with Gasteiger partial charge in [0.2, 0.25) is 0 Å². The van der Waals surface area contributed by atoms with E-state index in [1.54, 1.807) is 6.92 Å². The predicted octanol–water partition coefficient (Wildman–Crippen LogP) is 3.40. The van der Waals surface area contributed by atoms with Crippen LogP contribution in [0.4, 0.5) is 4.79 Å². The van der Waals surface area contributed by atoms with Crippen LogP contribution in [-0.4, -0.2) is 18.9 Å². The smallest absolute Gasteiger partial charge is 0.435 e. The third kappa shape index (κ3) is 7.00. The fraction of sp³-hybridized carbons (Fsp3) is 0.750. The van der Waals surface area contributed by atoms with Gasteiger partial charge in [-0.1, -0.05) is 33.8 Å². The molecule has 0 saturated heterocycles. The van der Waals surface area contributed by atoms with Crippen LogP contribution in [0.15, 0.2) is 12.2 Å². The van der Waals surface area contributed by atoms with Gasteiger partial charge in [-0.3, -0.25) is 0 Å². The van der Waals surface area contributed by atoms with Crippen LogP contribution < -0.4 is 0 Å². The van der Waals surface area contributed by atoms with Crippen molar-refractivity contribution in [2.24, 2.45) is 11.8 Å². The third-order valence-electron chi connectivity index (χ3n) is 1.84. The van der Waals surface area contributed by atoms with E-state index in [1.807, 2.05) is 26.0 Å². The van der Waals surface area contributed by atoms with E-state index in [0.29, 0.717) is 12.5 Å². The lowest BCUT2D eigenvalue weighted by Gasteiger charge is -2.17. The van der Waals surface area contributed by atoms with Gasteiger partial charge in [0.1, 0.15) is 6.10 Å². The van der Waals surface area contributed by atoms with Crippen LogP contribution in [0, 0.1) is 11.8 Å². The molecule has 3 heteroatoms. The maximum Gasteiger partial charge on any atom is 0.508 e. The second-order valence-corrected chi connectivity index (χ2v) is 4.14. The Labute approximate surface area is 92.5 Å². The number of carbonyl (C=O) groups is 1. The molecule has 0 aromatic heterocycles. The molecule has 0 amide bonds. The lowest BCUT2D eigenvalue weighted by Crippen LogP contribution is -2.22. The van der Waals surface area contributed by atoms with E-state index in [1.165, 1.54) is 0 Å². The van der Waals surface area contributed by atoms with Crippen LogP contribution in [0.2, 0.25) is 0 Å². The molecule has 0 aliphatic rings. The van der Waals surface area contributed by atoms with E-state index in [-0.39, 0.29) is 12.0 Å². The molecule has 0 rings (SSSR count). The number of hydrogen-bond donors (Lipinski definition) is 0. The van der Waals surface area contributed by atoms with E-state index in [2.05, 4.69) is 13.8 Å². The first-order valence-corrected chi connectivity index (χ1v) is 5.49. The van der Waals surface area contributed by atoms with Crippen LogP contribution in [0.25, 0.3) is 0 Å². The van der Waals surface area contributed by atoms with E-state index < -0.39 is 6.16 Å². The molecule has 3 nitrogen and oxygen atoms in total. The van der Waals surface area contributed by atoms with Crippen molar-refractivity contribution in [3.63, 3.8) is 0 Å². The summed E-state index contributed by atoms with van der Waals surface area (Å²) in [4.78, 5) is 11.1. The van der Waals surface area contributed by atoms with Gasteiger partial charge in [-0.25, -0.2) is 4.79 Å². The Hall–Kier alpha value is -0.990. The first kappa shape index (κ1) is 14.0. The Bertz CT molecular complexity index is 207. The summed E-state index contributed by atoms with van der Waals surface area (Å²) in [5.41, 5.74) is 0. The van der Waals surface area contributed by atoms with Crippen LogP contribution in [0.5, 0.6) is 0 Å². The summed E-state index contributed by atoms with van der Waals surface area (Å²) in [5, 5.41) is 0. The molecule has 0 saturated carbocycles. The first-order valence-electron chi connectivity index (χ1n) is 5.49. The highest BCUT2D eigenvalue weighted by atomic mass is 16.7. The lowest BCUT2D eigenvalue weighted by atomic mass is 10.1. The van der Waals surface area contributed by atoms with E-state index in [4.69, 9.17) is 9.47 Å². The van der Waals surface area contributed by atoms with Crippen LogP contribution in [0.1, 0.15) is 34.6 Å². The molecule has 0 radical (unpaired) electrons. The van der Waals surface area contributed by atoms with Gasteiger partial charge in [-0.05, 0) is 24.8 Å². The largest absolute Gasteiger partial charge is 0.508 e. The highest BCUT2D eigenvalue weighted by Gasteiger charge is 2.15. The minimum atomic E-state index is -0.593. The number of rotatable bonds is 5. The van der Waals surface area contributed by atoms with Crippen molar-refractivity contribution < 1.29 is 14.3 Å². The SMILES string of the molecule is CCOC(=O)O[C@H](/C=C/C(C)C)C(C)C. The summed E-state index contributed by atoms with van der Waals surface area (Å²) in [5.74, 6) is 0.710. The van der Waals surface area contributed by atoms with Crippen molar-refractivity contribution in [1.29, 1.82) is 0 Å². The van der Waals surface area contributed by atoms with Crippen molar-refractivity contribution in [3.05, 3.63) is 12.2 Å². The average Bonchev–Trinajstić information content (AvgIpc) is 2.11. The molecule has 0 unspecified atom stereocenters. The number of allylic oxidation sites excluding steroid dienone is 1. The molecule has 0 heterocycles. The highest BCUT2D eigenvalue weighted by Crippen LogP contribution is 2.11. The third-order valence-corrected chi connectivity index (χ3v) is 1.84. The normalized spacial score (nSPS) is 13.5. The van der Waals surface area contributed by atoms with E-state index in [0.717, 1.165) is 0 Å². The molecule has 0 fully saturated rings. The topological polar surface area (TPSA) is 35.5 Å². The summed E-state index contributed by atoms with van der Waals surface area (Å²) < 4.78 is 9.89. The highest BCUT2D eigenvalue weighted by molar-refractivity contribution is 5.60. The molecule has 0 N–H and O–H groups in total. The van der Waals surface area contributed by atoms with Gasteiger partial charge >= 0.3 is 6.16 Å². The molecule has 0 aromatic rings. The van der Waals surface area contributed by atoms with Gasteiger partial charge in [0.25, 0.3) is 0 Å². The minimum Gasteiger partial charge on any atom is -0.435 e. The van der Waals surface area contributed by atoms with Crippen molar-refractivity contribution in [2.45, 2.75) is 40.7 Å². The van der Waals surface area contributed by atoms with Gasteiger partial charge < -0.3 is 9.47 Å². The molecule has 0 aliphatic carbocycles.